The Morgan fingerprint density at radius 2 is 1.73 bits per heavy atom. The van der Waals surface area contributed by atoms with Crippen LogP contribution < -0.4 is 5.32 Å². The SMILES string of the molecule is Cc1ccc(C(=O)OCC(=O)Nc2cccc(S(=O)(=O)N(C)C)c2)cc1. The Hall–Kier alpha value is -2.71. The fourth-order valence-electron chi connectivity index (χ4n) is 2.05. The van der Waals surface area contributed by atoms with Crippen LogP contribution in [0.25, 0.3) is 0 Å². The van der Waals surface area contributed by atoms with Crippen LogP contribution >= 0.6 is 0 Å². The van der Waals surface area contributed by atoms with Gasteiger partial charge in [0.15, 0.2) is 6.61 Å². The van der Waals surface area contributed by atoms with E-state index in [1.54, 1.807) is 30.3 Å². The molecule has 2 aromatic carbocycles. The Balaban J connectivity index is 1.98. The van der Waals surface area contributed by atoms with Gasteiger partial charge in [0.25, 0.3) is 5.91 Å². The van der Waals surface area contributed by atoms with Crippen LogP contribution in [0.3, 0.4) is 0 Å². The van der Waals surface area contributed by atoms with E-state index in [9.17, 15) is 18.0 Å². The number of carbonyl (C=O) groups is 2. The predicted octanol–water partition coefficient (Wildman–Crippen LogP) is 2.04. The van der Waals surface area contributed by atoms with Crippen molar-refractivity contribution < 1.29 is 22.7 Å². The van der Waals surface area contributed by atoms with Crippen molar-refractivity contribution in [2.24, 2.45) is 0 Å². The molecule has 1 amide bonds. The Labute approximate surface area is 152 Å². The van der Waals surface area contributed by atoms with Crippen molar-refractivity contribution in [3.05, 3.63) is 59.7 Å². The Bertz CT molecular complexity index is 905. The van der Waals surface area contributed by atoms with Gasteiger partial charge in [0.2, 0.25) is 10.0 Å². The van der Waals surface area contributed by atoms with Gasteiger partial charge in [-0.1, -0.05) is 23.8 Å². The van der Waals surface area contributed by atoms with E-state index >= 15 is 0 Å². The molecule has 0 bridgehead atoms. The van der Waals surface area contributed by atoms with Crippen molar-refractivity contribution in [1.82, 2.24) is 4.31 Å². The topological polar surface area (TPSA) is 92.8 Å². The molecular weight excluding hydrogens is 356 g/mol. The monoisotopic (exact) mass is 376 g/mol. The molecule has 8 heteroatoms. The van der Waals surface area contributed by atoms with Crippen LogP contribution in [-0.2, 0) is 19.6 Å². The van der Waals surface area contributed by atoms with Crippen LogP contribution in [0, 0.1) is 6.92 Å². The quantitative estimate of drug-likeness (QED) is 0.779. The molecule has 26 heavy (non-hydrogen) atoms. The molecule has 0 unspecified atom stereocenters. The number of esters is 1. The molecule has 7 nitrogen and oxygen atoms in total. The first-order valence-corrected chi connectivity index (χ1v) is 9.20. The number of hydrogen-bond acceptors (Lipinski definition) is 5. The van der Waals surface area contributed by atoms with Crippen molar-refractivity contribution >= 4 is 27.6 Å². The predicted molar refractivity (Wildman–Crippen MR) is 97.4 cm³/mol. The number of anilines is 1. The second-order valence-electron chi connectivity index (χ2n) is 5.81. The number of sulfonamides is 1. The number of hydrogen-bond donors (Lipinski definition) is 1. The van der Waals surface area contributed by atoms with Crippen LogP contribution in [0.4, 0.5) is 5.69 Å². The summed E-state index contributed by atoms with van der Waals surface area (Å²) in [5.74, 6) is -1.17. The van der Waals surface area contributed by atoms with Gasteiger partial charge in [-0.3, -0.25) is 4.79 Å². The van der Waals surface area contributed by atoms with E-state index in [1.165, 1.54) is 32.3 Å². The summed E-state index contributed by atoms with van der Waals surface area (Å²) >= 11 is 0. The highest BCUT2D eigenvalue weighted by molar-refractivity contribution is 7.89. The lowest BCUT2D eigenvalue weighted by atomic mass is 10.1. The molecule has 0 radical (unpaired) electrons. The molecule has 138 valence electrons. The molecule has 2 aromatic rings. The molecule has 0 aliphatic carbocycles. The minimum absolute atomic E-state index is 0.0527. The van der Waals surface area contributed by atoms with Crippen molar-refractivity contribution in [2.75, 3.05) is 26.0 Å². The van der Waals surface area contributed by atoms with Crippen molar-refractivity contribution in [1.29, 1.82) is 0 Å². The summed E-state index contributed by atoms with van der Waals surface area (Å²) in [7, 11) is -0.760. The summed E-state index contributed by atoms with van der Waals surface area (Å²) in [5.41, 5.74) is 1.65. The summed E-state index contributed by atoms with van der Waals surface area (Å²) in [6, 6.07) is 12.6. The maximum absolute atomic E-state index is 12.1. The van der Waals surface area contributed by atoms with Crippen LogP contribution in [0.5, 0.6) is 0 Å². The van der Waals surface area contributed by atoms with Gasteiger partial charge in [-0.05, 0) is 37.3 Å². The van der Waals surface area contributed by atoms with Crippen molar-refractivity contribution in [3.63, 3.8) is 0 Å². The van der Waals surface area contributed by atoms with E-state index in [0.29, 0.717) is 11.3 Å². The average molecular weight is 376 g/mol. The van der Waals surface area contributed by atoms with Gasteiger partial charge in [-0.2, -0.15) is 0 Å². The number of benzene rings is 2. The third kappa shape index (κ3) is 4.90. The molecule has 0 fully saturated rings. The largest absolute Gasteiger partial charge is 0.452 e. The third-order valence-corrected chi connectivity index (χ3v) is 5.33. The Morgan fingerprint density at radius 1 is 1.08 bits per heavy atom. The fraction of sp³-hybridized carbons (Fsp3) is 0.222. The van der Waals surface area contributed by atoms with Crippen LogP contribution in [0.1, 0.15) is 15.9 Å². The Morgan fingerprint density at radius 3 is 2.35 bits per heavy atom. The summed E-state index contributed by atoms with van der Waals surface area (Å²) in [5, 5.41) is 2.51. The van der Waals surface area contributed by atoms with Gasteiger partial charge < -0.3 is 10.1 Å². The molecule has 0 saturated carbocycles. The lowest BCUT2D eigenvalue weighted by molar-refractivity contribution is -0.119. The van der Waals surface area contributed by atoms with E-state index in [2.05, 4.69) is 5.32 Å². The summed E-state index contributed by atoms with van der Waals surface area (Å²) in [4.78, 5) is 23.9. The maximum Gasteiger partial charge on any atom is 0.338 e. The van der Waals surface area contributed by atoms with Crippen molar-refractivity contribution in [2.45, 2.75) is 11.8 Å². The Kier molecular flexibility index (Phi) is 6.12. The van der Waals surface area contributed by atoms with E-state index in [4.69, 9.17) is 4.74 Å². The van der Waals surface area contributed by atoms with Crippen LogP contribution in [-0.4, -0.2) is 45.3 Å². The first-order chi connectivity index (χ1) is 12.2. The lowest BCUT2D eigenvalue weighted by Crippen LogP contribution is -2.23. The molecule has 0 saturated heterocycles. The molecular formula is C18H20N2O5S. The minimum atomic E-state index is -3.60. The van der Waals surface area contributed by atoms with Gasteiger partial charge in [-0.15, -0.1) is 0 Å². The van der Waals surface area contributed by atoms with Gasteiger partial charge in [0.05, 0.1) is 10.5 Å². The zero-order valence-electron chi connectivity index (χ0n) is 14.7. The van der Waals surface area contributed by atoms with Gasteiger partial charge in [0.1, 0.15) is 0 Å². The number of ether oxygens (including phenoxy) is 1. The number of rotatable bonds is 6. The van der Waals surface area contributed by atoms with Gasteiger partial charge in [-0.25, -0.2) is 17.5 Å². The van der Waals surface area contributed by atoms with E-state index in [0.717, 1.165) is 9.87 Å². The highest BCUT2D eigenvalue weighted by Crippen LogP contribution is 2.18. The molecule has 1 N–H and O–H groups in total. The fourth-order valence-corrected chi connectivity index (χ4v) is 2.99. The van der Waals surface area contributed by atoms with Crippen LogP contribution in [0.2, 0.25) is 0 Å². The number of aryl methyl sites for hydroxylation is 1. The third-order valence-electron chi connectivity index (χ3n) is 3.52. The van der Waals surface area contributed by atoms with E-state index in [1.807, 2.05) is 6.92 Å². The molecule has 0 aliphatic heterocycles. The first kappa shape index (κ1) is 19.6. The second kappa shape index (κ2) is 8.11. The summed E-state index contributed by atoms with van der Waals surface area (Å²) in [6.07, 6.45) is 0. The highest BCUT2D eigenvalue weighted by atomic mass is 32.2. The minimum Gasteiger partial charge on any atom is -0.452 e. The average Bonchev–Trinajstić information content (AvgIpc) is 2.60. The zero-order valence-corrected chi connectivity index (χ0v) is 15.5. The molecule has 0 heterocycles. The number of nitrogens with zero attached hydrogens (tertiary/aromatic N) is 1. The number of nitrogens with one attached hydrogen (secondary N) is 1. The lowest BCUT2D eigenvalue weighted by Gasteiger charge is -2.12. The van der Waals surface area contributed by atoms with Gasteiger partial charge >= 0.3 is 5.97 Å². The number of amides is 1. The molecule has 2 rings (SSSR count). The zero-order chi connectivity index (χ0) is 19.3. The molecule has 0 spiro atoms. The summed E-state index contributed by atoms with van der Waals surface area (Å²) in [6.45, 7) is 1.42. The normalized spacial score (nSPS) is 11.2. The van der Waals surface area contributed by atoms with E-state index in [-0.39, 0.29) is 4.90 Å². The van der Waals surface area contributed by atoms with Crippen molar-refractivity contribution in [3.8, 4) is 0 Å². The molecule has 0 atom stereocenters. The maximum atomic E-state index is 12.1. The first-order valence-electron chi connectivity index (χ1n) is 7.76. The highest BCUT2D eigenvalue weighted by Gasteiger charge is 2.18. The molecule has 0 aliphatic rings. The molecule has 0 aromatic heterocycles. The summed E-state index contributed by atoms with van der Waals surface area (Å²) < 4.78 is 30.3. The van der Waals surface area contributed by atoms with E-state index < -0.39 is 28.5 Å². The second-order valence-corrected chi connectivity index (χ2v) is 7.96. The van der Waals surface area contributed by atoms with Crippen LogP contribution in [0.15, 0.2) is 53.4 Å². The number of carbonyl (C=O) groups excluding carboxylic acids is 2. The standard InChI is InChI=1S/C18H20N2O5S/c1-13-7-9-14(10-8-13)18(22)25-12-17(21)19-15-5-4-6-16(11-15)26(23,24)20(2)3/h4-11H,12H2,1-3H3,(H,19,21). The smallest absolute Gasteiger partial charge is 0.338 e. The van der Waals surface area contributed by atoms with Gasteiger partial charge in [0, 0.05) is 19.8 Å².